The molecule has 0 bridgehead atoms. The van der Waals surface area contributed by atoms with Crippen LogP contribution in [0.5, 0.6) is 11.5 Å². The van der Waals surface area contributed by atoms with Gasteiger partial charge in [0.05, 0.1) is 31.3 Å². The van der Waals surface area contributed by atoms with Crippen LogP contribution >= 0.6 is 0 Å². The Hall–Kier alpha value is -4.13. The van der Waals surface area contributed by atoms with Gasteiger partial charge < -0.3 is 19.4 Å². The molecular formula is C26H25N3O4. The molecule has 0 unspecified atom stereocenters. The van der Waals surface area contributed by atoms with Crippen molar-refractivity contribution in [1.82, 2.24) is 14.9 Å². The van der Waals surface area contributed by atoms with Gasteiger partial charge in [-0.1, -0.05) is 18.2 Å². The topological polar surface area (TPSA) is 84.5 Å². The Labute approximate surface area is 191 Å². The summed E-state index contributed by atoms with van der Waals surface area (Å²) in [6, 6.07) is 18.2. The molecule has 7 heteroatoms. The van der Waals surface area contributed by atoms with Gasteiger partial charge >= 0.3 is 0 Å². The Morgan fingerprint density at radius 2 is 1.91 bits per heavy atom. The standard InChI is InChI=1S/C26H25N3O4/c1-3-33-24-9-5-4-8-22(24)26(31)29(16-18-7-6-12-27-15-18)17-20-13-19-10-11-21(32-2)14-23(19)28-25(20)30/h4-15H,3,16-17H2,1-2H3,(H,28,30). The highest BCUT2D eigenvalue weighted by molar-refractivity contribution is 5.97. The Balaban J connectivity index is 1.72. The summed E-state index contributed by atoms with van der Waals surface area (Å²) >= 11 is 0. The number of aromatic amines is 1. The third-order valence-electron chi connectivity index (χ3n) is 5.29. The van der Waals surface area contributed by atoms with E-state index in [1.165, 1.54) is 0 Å². The summed E-state index contributed by atoms with van der Waals surface area (Å²) in [5, 5.41) is 0.855. The first-order chi connectivity index (χ1) is 16.1. The number of ether oxygens (including phenoxy) is 2. The number of carbonyl (C=O) groups excluding carboxylic acids is 1. The van der Waals surface area contributed by atoms with Gasteiger partial charge in [-0.3, -0.25) is 14.6 Å². The first-order valence-electron chi connectivity index (χ1n) is 10.7. The van der Waals surface area contributed by atoms with Gasteiger partial charge in [0.25, 0.3) is 11.5 Å². The minimum absolute atomic E-state index is 0.130. The lowest BCUT2D eigenvalue weighted by atomic mass is 10.1. The fourth-order valence-corrected chi connectivity index (χ4v) is 3.68. The second kappa shape index (κ2) is 9.99. The van der Waals surface area contributed by atoms with Gasteiger partial charge in [0.2, 0.25) is 0 Å². The van der Waals surface area contributed by atoms with E-state index in [4.69, 9.17) is 9.47 Å². The molecule has 2 aromatic heterocycles. The van der Waals surface area contributed by atoms with E-state index in [2.05, 4.69) is 9.97 Å². The van der Waals surface area contributed by atoms with Crippen molar-refractivity contribution in [2.75, 3.05) is 13.7 Å². The molecule has 0 saturated carbocycles. The molecule has 0 aliphatic carbocycles. The van der Waals surface area contributed by atoms with Crippen molar-refractivity contribution in [3.8, 4) is 11.5 Å². The van der Waals surface area contributed by atoms with E-state index in [0.717, 1.165) is 10.9 Å². The van der Waals surface area contributed by atoms with Crippen LogP contribution in [0, 0.1) is 0 Å². The number of carbonyl (C=O) groups is 1. The molecule has 7 nitrogen and oxygen atoms in total. The number of nitrogens with one attached hydrogen (secondary N) is 1. The van der Waals surface area contributed by atoms with Crippen LogP contribution < -0.4 is 15.0 Å². The number of methoxy groups -OCH3 is 1. The lowest BCUT2D eigenvalue weighted by Crippen LogP contribution is -2.32. The number of nitrogens with zero attached hydrogens (tertiary/aromatic N) is 2. The maximum absolute atomic E-state index is 13.6. The number of benzene rings is 2. The molecular weight excluding hydrogens is 418 g/mol. The highest BCUT2D eigenvalue weighted by atomic mass is 16.5. The fourth-order valence-electron chi connectivity index (χ4n) is 3.68. The Kier molecular flexibility index (Phi) is 6.69. The SMILES string of the molecule is CCOc1ccccc1C(=O)N(Cc1cccnc1)Cc1cc2ccc(OC)cc2[nH]c1=O. The number of rotatable bonds is 8. The molecule has 0 radical (unpaired) electrons. The number of hydrogen-bond donors (Lipinski definition) is 1. The van der Waals surface area contributed by atoms with Crippen LogP contribution in [0.2, 0.25) is 0 Å². The predicted octanol–water partition coefficient (Wildman–Crippen LogP) is 4.17. The van der Waals surface area contributed by atoms with E-state index in [1.807, 2.05) is 43.3 Å². The summed E-state index contributed by atoms with van der Waals surface area (Å²) in [6.07, 6.45) is 3.40. The molecule has 168 valence electrons. The summed E-state index contributed by atoms with van der Waals surface area (Å²) in [7, 11) is 1.58. The molecule has 2 aromatic carbocycles. The zero-order valence-corrected chi connectivity index (χ0v) is 18.6. The number of fused-ring (bicyclic) bond motifs is 1. The molecule has 33 heavy (non-hydrogen) atoms. The monoisotopic (exact) mass is 443 g/mol. The zero-order chi connectivity index (χ0) is 23.2. The predicted molar refractivity (Wildman–Crippen MR) is 127 cm³/mol. The molecule has 4 rings (SSSR count). The van der Waals surface area contributed by atoms with Crippen LogP contribution in [-0.2, 0) is 13.1 Å². The normalized spacial score (nSPS) is 10.7. The average Bonchev–Trinajstić information content (AvgIpc) is 2.84. The Morgan fingerprint density at radius 1 is 1.06 bits per heavy atom. The van der Waals surface area contributed by atoms with Crippen LogP contribution in [-0.4, -0.2) is 34.5 Å². The minimum atomic E-state index is -0.252. The third-order valence-corrected chi connectivity index (χ3v) is 5.29. The van der Waals surface area contributed by atoms with Gasteiger partial charge in [-0.25, -0.2) is 0 Å². The molecule has 0 fully saturated rings. The number of aromatic nitrogens is 2. The molecule has 0 saturated heterocycles. The van der Waals surface area contributed by atoms with Gasteiger partial charge in [-0.2, -0.15) is 0 Å². The second-order valence-corrected chi connectivity index (χ2v) is 7.53. The van der Waals surface area contributed by atoms with Crippen LogP contribution in [0.4, 0.5) is 0 Å². The van der Waals surface area contributed by atoms with Crippen LogP contribution in [0.15, 0.2) is 77.9 Å². The smallest absolute Gasteiger partial charge is 0.258 e. The van der Waals surface area contributed by atoms with Crippen molar-refractivity contribution in [1.29, 1.82) is 0 Å². The van der Waals surface area contributed by atoms with E-state index < -0.39 is 0 Å². The number of H-pyrrole nitrogens is 1. The lowest BCUT2D eigenvalue weighted by Gasteiger charge is -2.24. The van der Waals surface area contributed by atoms with Crippen molar-refractivity contribution in [2.45, 2.75) is 20.0 Å². The summed E-state index contributed by atoms with van der Waals surface area (Å²) < 4.78 is 10.9. The van der Waals surface area contributed by atoms with Crippen molar-refractivity contribution in [3.05, 3.63) is 100 Å². The molecule has 2 heterocycles. The lowest BCUT2D eigenvalue weighted by molar-refractivity contribution is 0.0725. The van der Waals surface area contributed by atoms with E-state index >= 15 is 0 Å². The maximum Gasteiger partial charge on any atom is 0.258 e. The maximum atomic E-state index is 13.6. The summed E-state index contributed by atoms with van der Waals surface area (Å²) in [5.74, 6) is 0.949. The summed E-state index contributed by atoms with van der Waals surface area (Å²) in [6.45, 7) is 2.75. The van der Waals surface area contributed by atoms with Crippen LogP contribution in [0.25, 0.3) is 10.9 Å². The van der Waals surface area contributed by atoms with Crippen molar-refractivity contribution < 1.29 is 14.3 Å². The largest absolute Gasteiger partial charge is 0.497 e. The first-order valence-corrected chi connectivity index (χ1v) is 10.7. The number of pyridine rings is 2. The highest BCUT2D eigenvalue weighted by Crippen LogP contribution is 2.23. The van der Waals surface area contributed by atoms with Crippen LogP contribution in [0.1, 0.15) is 28.4 Å². The molecule has 0 aliphatic heterocycles. The first kappa shape index (κ1) is 22.1. The van der Waals surface area contributed by atoms with Gasteiger partial charge in [0.15, 0.2) is 0 Å². The Morgan fingerprint density at radius 3 is 2.67 bits per heavy atom. The average molecular weight is 444 g/mol. The molecule has 4 aromatic rings. The van der Waals surface area contributed by atoms with E-state index in [0.29, 0.717) is 41.3 Å². The molecule has 0 atom stereocenters. The van der Waals surface area contributed by atoms with Gasteiger partial charge in [-0.05, 0) is 54.3 Å². The fraction of sp³-hybridized carbons (Fsp3) is 0.192. The minimum Gasteiger partial charge on any atom is -0.497 e. The molecule has 0 aliphatic rings. The third kappa shape index (κ3) is 5.03. The van der Waals surface area contributed by atoms with Gasteiger partial charge in [0.1, 0.15) is 11.5 Å². The van der Waals surface area contributed by atoms with E-state index in [1.54, 1.807) is 48.7 Å². The van der Waals surface area contributed by atoms with Gasteiger partial charge in [-0.15, -0.1) is 0 Å². The van der Waals surface area contributed by atoms with Gasteiger partial charge in [0, 0.05) is 30.6 Å². The van der Waals surface area contributed by atoms with Crippen molar-refractivity contribution in [3.63, 3.8) is 0 Å². The zero-order valence-electron chi connectivity index (χ0n) is 18.6. The molecule has 1 amide bonds. The summed E-state index contributed by atoms with van der Waals surface area (Å²) in [5.41, 5.74) is 2.22. The number of hydrogen-bond acceptors (Lipinski definition) is 5. The van der Waals surface area contributed by atoms with Crippen LogP contribution in [0.3, 0.4) is 0 Å². The molecule has 1 N–H and O–H groups in total. The van der Waals surface area contributed by atoms with E-state index in [9.17, 15) is 9.59 Å². The number of para-hydroxylation sites is 1. The quantitative estimate of drug-likeness (QED) is 0.442. The molecule has 0 spiro atoms. The van der Waals surface area contributed by atoms with E-state index in [-0.39, 0.29) is 18.0 Å². The van der Waals surface area contributed by atoms with Crippen molar-refractivity contribution >= 4 is 16.8 Å². The highest BCUT2D eigenvalue weighted by Gasteiger charge is 2.21. The Bertz CT molecular complexity index is 1320. The van der Waals surface area contributed by atoms with Crippen molar-refractivity contribution in [2.24, 2.45) is 0 Å². The summed E-state index contributed by atoms with van der Waals surface area (Å²) in [4.78, 5) is 35.2. The number of amides is 1. The second-order valence-electron chi connectivity index (χ2n) is 7.53.